The molecule has 1 rings (SSSR count). The molecular formula is C11H10F3IN2O3. The Labute approximate surface area is 125 Å². The Morgan fingerprint density at radius 1 is 1.35 bits per heavy atom. The predicted molar refractivity (Wildman–Crippen MR) is 73.0 cm³/mol. The fourth-order valence-corrected chi connectivity index (χ4v) is 2.02. The SMILES string of the molecule is CC(O)(C(=O)Nc1cccc(I)c1C(N)=O)C(F)(F)F. The van der Waals surface area contributed by atoms with Crippen LogP contribution in [0.15, 0.2) is 18.2 Å². The van der Waals surface area contributed by atoms with E-state index in [-0.39, 0.29) is 11.3 Å². The quantitative estimate of drug-likeness (QED) is 0.672. The zero-order valence-corrected chi connectivity index (χ0v) is 12.2. The summed E-state index contributed by atoms with van der Waals surface area (Å²) in [4.78, 5) is 22.8. The summed E-state index contributed by atoms with van der Waals surface area (Å²) in [7, 11) is 0. The van der Waals surface area contributed by atoms with Crippen LogP contribution in [0.3, 0.4) is 0 Å². The number of benzene rings is 1. The highest BCUT2D eigenvalue weighted by atomic mass is 127. The Morgan fingerprint density at radius 3 is 2.35 bits per heavy atom. The lowest BCUT2D eigenvalue weighted by atomic mass is 10.0. The molecule has 1 unspecified atom stereocenters. The number of primary amides is 1. The third-order valence-electron chi connectivity index (χ3n) is 2.50. The van der Waals surface area contributed by atoms with E-state index in [2.05, 4.69) is 0 Å². The van der Waals surface area contributed by atoms with Crippen LogP contribution < -0.4 is 11.1 Å². The Balaban J connectivity index is 3.16. The summed E-state index contributed by atoms with van der Waals surface area (Å²) in [6.45, 7) is 0.320. The summed E-state index contributed by atoms with van der Waals surface area (Å²) in [5.41, 5.74) is 1.21. The minimum atomic E-state index is -5.15. The van der Waals surface area contributed by atoms with Crippen molar-refractivity contribution in [2.45, 2.75) is 18.7 Å². The first-order valence-corrected chi connectivity index (χ1v) is 6.25. The lowest BCUT2D eigenvalue weighted by Crippen LogP contribution is -2.52. The molecule has 0 aliphatic heterocycles. The highest BCUT2D eigenvalue weighted by Gasteiger charge is 2.55. The van der Waals surface area contributed by atoms with Crippen LogP contribution in [0.5, 0.6) is 0 Å². The molecule has 20 heavy (non-hydrogen) atoms. The van der Waals surface area contributed by atoms with Gasteiger partial charge in [-0.25, -0.2) is 0 Å². The van der Waals surface area contributed by atoms with Crippen molar-refractivity contribution in [1.29, 1.82) is 0 Å². The average Bonchev–Trinajstić information content (AvgIpc) is 2.26. The van der Waals surface area contributed by atoms with E-state index in [1.807, 2.05) is 5.32 Å². The first-order chi connectivity index (χ1) is 8.98. The van der Waals surface area contributed by atoms with Crippen molar-refractivity contribution >= 4 is 40.1 Å². The van der Waals surface area contributed by atoms with E-state index in [1.165, 1.54) is 18.2 Å². The molecule has 0 aliphatic carbocycles. The van der Waals surface area contributed by atoms with E-state index in [0.717, 1.165) is 0 Å². The van der Waals surface area contributed by atoms with Crippen LogP contribution in [0.4, 0.5) is 18.9 Å². The van der Waals surface area contributed by atoms with Gasteiger partial charge in [-0.05, 0) is 41.6 Å². The van der Waals surface area contributed by atoms with Gasteiger partial charge in [0, 0.05) is 3.57 Å². The van der Waals surface area contributed by atoms with Crippen LogP contribution in [0.25, 0.3) is 0 Å². The van der Waals surface area contributed by atoms with Crippen LogP contribution >= 0.6 is 22.6 Å². The lowest BCUT2D eigenvalue weighted by molar-refractivity contribution is -0.242. The van der Waals surface area contributed by atoms with E-state index in [1.54, 1.807) is 22.6 Å². The number of halogens is 4. The first kappa shape index (κ1) is 16.7. The van der Waals surface area contributed by atoms with Gasteiger partial charge in [-0.2, -0.15) is 13.2 Å². The largest absolute Gasteiger partial charge is 0.426 e. The van der Waals surface area contributed by atoms with Gasteiger partial charge in [-0.15, -0.1) is 0 Å². The molecule has 0 saturated heterocycles. The molecule has 4 N–H and O–H groups in total. The molecule has 9 heteroatoms. The van der Waals surface area contributed by atoms with Crippen LogP contribution in [0.1, 0.15) is 17.3 Å². The fraction of sp³-hybridized carbons (Fsp3) is 0.273. The van der Waals surface area contributed by atoms with Crippen molar-refractivity contribution < 1.29 is 27.9 Å². The van der Waals surface area contributed by atoms with Crippen molar-refractivity contribution in [3.05, 3.63) is 27.3 Å². The van der Waals surface area contributed by atoms with Crippen molar-refractivity contribution in [3.63, 3.8) is 0 Å². The molecule has 0 radical (unpaired) electrons. The van der Waals surface area contributed by atoms with Crippen molar-refractivity contribution in [1.82, 2.24) is 0 Å². The predicted octanol–water partition coefficient (Wildman–Crippen LogP) is 1.64. The third kappa shape index (κ3) is 3.20. The average molecular weight is 402 g/mol. The van der Waals surface area contributed by atoms with Gasteiger partial charge in [0.25, 0.3) is 11.8 Å². The number of anilines is 1. The summed E-state index contributed by atoms with van der Waals surface area (Å²) in [5.74, 6) is -2.61. The van der Waals surface area contributed by atoms with Gasteiger partial charge < -0.3 is 16.2 Å². The maximum absolute atomic E-state index is 12.5. The lowest BCUT2D eigenvalue weighted by Gasteiger charge is -2.25. The van der Waals surface area contributed by atoms with Gasteiger partial charge in [0.15, 0.2) is 0 Å². The smallest absolute Gasteiger partial charge is 0.373 e. The third-order valence-corrected chi connectivity index (χ3v) is 3.40. The van der Waals surface area contributed by atoms with E-state index >= 15 is 0 Å². The van der Waals surface area contributed by atoms with Crippen LogP contribution in [-0.4, -0.2) is 28.7 Å². The van der Waals surface area contributed by atoms with Crippen molar-refractivity contribution in [2.75, 3.05) is 5.32 Å². The molecule has 0 fully saturated rings. The summed E-state index contributed by atoms with van der Waals surface area (Å²) in [6, 6.07) is 4.14. The Kier molecular flexibility index (Phi) is 4.64. The molecule has 1 aromatic rings. The molecular weight excluding hydrogens is 392 g/mol. The number of hydrogen-bond donors (Lipinski definition) is 3. The molecule has 1 atom stereocenters. The van der Waals surface area contributed by atoms with E-state index in [0.29, 0.717) is 10.5 Å². The number of carbonyl (C=O) groups excluding carboxylic acids is 2. The van der Waals surface area contributed by atoms with Crippen LogP contribution in [-0.2, 0) is 4.79 Å². The number of carbonyl (C=O) groups is 2. The number of nitrogens with one attached hydrogen (secondary N) is 1. The second-order valence-electron chi connectivity index (χ2n) is 4.05. The second kappa shape index (κ2) is 5.56. The second-order valence-corrected chi connectivity index (χ2v) is 5.21. The minimum absolute atomic E-state index is 0.126. The number of alkyl halides is 3. The van der Waals surface area contributed by atoms with Gasteiger partial charge in [0.2, 0.25) is 5.60 Å². The van der Waals surface area contributed by atoms with E-state index in [4.69, 9.17) is 5.73 Å². The fourth-order valence-electron chi connectivity index (χ4n) is 1.25. The molecule has 0 spiro atoms. The van der Waals surface area contributed by atoms with Gasteiger partial charge in [-0.1, -0.05) is 6.07 Å². The molecule has 0 bridgehead atoms. The molecule has 110 valence electrons. The van der Waals surface area contributed by atoms with Crippen LogP contribution in [0.2, 0.25) is 0 Å². The maximum Gasteiger partial charge on any atom is 0.426 e. The Bertz CT molecular complexity index is 558. The zero-order valence-electron chi connectivity index (χ0n) is 10.1. The molecule has 1 aromatic carbocycles. The molecule has 0 aromatic heterocycles. The number of nitrogens with two attached hydrogens (primary N) is 1. The molecule has 0 saturated carbocycles. The normalized spacial score (nSPS) is 14.5. The Hall–Kier alpha value is -1.36. The summed E-state index contributed by atoms with van der Waals surface area (Å²) in [6.07, 6.45) is -5.15. The number of aliphatic hydroxyl groups is 1. The van der Waals surface area contributed by atoms with Gasteiger partial charge >= 0.3 is 6.18 Å². The number of amides is 2. The summed E-state index contributed by atoms with van der Waals surface area (Å²) < 4.78 is 37.9. The first-order valence-electron chi connectivity index (χ1n) is 5.17. The summed E-state index contributed by atoms with van der Waals surface area (Å²) >= 11 is 1.75. The van der Waals surface area contributed by atoms with Gasteiger partial charge in [-0.3, -0.25) is 9.59 Å². The van der Waals surface area contributed by atoms with E-state index in [9.17, 15) is 27.9 Å². The standard InChI is InChI=1S/C11H10F3IN2O3/c1-10(20,11(12,13)14)9(19)17-6-4-2-3-5(15)7(6)8(16)18/h2-4,20H,1H3,(H2,16,18)(H,17,19). The van der Waals surface area contributed by atoms with Crippen LogP contribution in [0, 0.1) is 3.57 Å². The summed E-state index contributed by atoms with van der Waals surface area (Å²) in [5, 5.41) is 11.1. The van der Waals surface area contributed by atoms with Crippen molar-refractivity contribution in [3.8, 4) is 0 Å². The molecule has 5 nitrogen and oxygen atoms in total. The number of rotatable bonds is 3. The van der Waals surface area contributed by atoms with Gasteiger partial charge in [0.1, 0.15) is 0 Å². The maximum atomic E-state index is 12.5. The molecule has 2 amide bonds. The zero-order chi connectivity index (χ0) is 15.7. The highest BCUT2D eigenvalue weighted by Crippen LogP contribution is 2.31. The highest BCUT2D eigenvalue weighted by molar-refractivity contribution is 14.1. The molecule has 0 heterocycles. The van der Waals surface area contributed by atoms with Crippen molar-refractivity contribution in [2.24, 2.45) is 5.73 Å². The van der Waals surface area contributed by atoms with E-state index < -0.39 is 23.6 Å². The minimum Gasteiger partial charge on any atom is -0.373 e. The Morgan fingerprint density at radius 2 is 1.90 bits per heavy atom. The monoisotopic (exact) mass is 402 g/mol. The van der Waals surface area contributed by atoms with Gasteiger partial charge in [0.05, 0.1) is 11.3 Å². The topological polar surface area (TPSA) is 92.4 Å². The molecule has 0 aliphatic rings. The number of hydrogen-bond acceptors (Lipinski definition) is 3.